The average molecular weight is 449 g/mol. The Bertz CT molecular complexity index is 1220. The third-order valence-electron chi connectivity index (χ3n) is 6.56. The van der Waals surface area contributed by atoms with Crippen LogP contribution >= 0.6 is 0 Å². The number of rotatable bonds is 6. The van der Waals surface area contributed by atoms with Gasteiger partial charge in [-0.15, -0.1) is 0 Å². The molecule has 172 valence electrons. The number of benzene rings is 1. The lowest BCUT2D eigenvalue weighted by molar-refractivity contribution is -0.135. The predicted molar refractivity (Wildman–Crippen MR) is 113 cm³/mol. The van der Waals surface area contributed by atoms with Crippen molar-refractivity contribution >= 4 is 0 Å². The van der Waals surface area contributed by atoms with E-state index in [4.69, 9.17) is 1.37 Å². The van der Waals surface area contributed by atoms with Crippen LogP contribution < -0.4 is 0 Å². The molecular formula is C23H28F3N5O. The topological polar surface area (TPSA) is 76.7 Å². The number of aromatic nitrogens is 5. The first kappa shape index (κ1) is 22.4. The van der Waals surface area contributed by atoms with Gasteiger partial charge in [-0.2, -0.15) is 5.10 Å². The SMILES string of the molecule is [2H]c1nc(C)n(C(C)(C)[C@](O)(c2ccc(F)cc2F)[C@@](C)(CC)c2nc(C)nc(C)c2F)n1. The van der Waals surface area contributed by atoms with Crippen molar-refractivity contribution in [1.82, 2.24) is 24.7 Å². The van der Waals surface area contributed by atoms with Crippen LogP contribution in [-0.4, -0.2) is 29.8 Å². The van der Waals surface area contributed by atoms with Crippen molar-refractivity contribution < 1.29 is 19.6 Å². The zero-order valence-corrected chi connectivity index (χ0v) is 19.3. The molecule has 2 aromatic heterocycles. The molecule has 1 N–H and O–H groups in total. The summed E-state index contributed by atoms with van der Waals surface area (Å²) in [5.74, 6) is -1.97. The van der Waals surface area contributed by atoms with Crippen LogP contribution in [-0.2, 0) is 16.6 Å². The van der Waals surface area contributed by atoms with Gasteiger partial charge in [0.25, 0.3) is 0 Å². The van der Waals surface area contributed by atoms with E-state index in [2.05, 4.69) is 20.1 Å². The maximum atomic E-state index is 15.5. The second-order valence-electron chi connectivity index (χ2n) is 8.77. The zero-order valence-electron chi connectivity index (χ0n) is 20.3. The van der Waals surface area contributed by atoms with Crippen LogP contribution in [0.4, 0.5) is 13.2 Å². The Labute approximate surface area is 187 Å². The fraction of sp³-hybridized carbons (Fsp3) is 0.478. The van der Waals surface area contributed by atoms with Crippen molar-refractivity contribution in [2.75, 3.05) is 0 Å². The van der Waals surface area contributed by atoms with E-state index >= 15 is 8.78 Å². The first-order valence-electron chi connectivity index (χ1n) is 10.8. The Morgan fingerprint density at radius 3 is 2.28 bits per heavy atom. The normalized spacial score (nSPS) is 16.4. The van der Waals surface area contributed by atoms with E-state index in [0.29, 0.717) is 11.9 Å². The van der Waals surface area contributed by atoms with E-state index in [-0.39, 0.29) is 35.5 Å². The molecule has 0 saturated heterocycles. The Hall–Kier alpha value is -2.81. The number of hydrogen-bond donors (Lipinski definition) is 1. The van der Waals surface area contributed by atoms with Crippen LogP contribution in [0.15, 0.2) is 24.5 Å². The molecule has 0 fully saturated rings. The Balaban J connectivity index is 2.49. The highest BCUT2D eigenvalue weighted by Gasteiger charge is 2.61. The molecule has 0 spiro atoms. The summed E-state index contributed by atoms with van der Waals surface area (Å²) < 4.78 is 53.8. The van der Waals surface area contributed by atoms with E-state index in [1.54, 1.807) is 41.5 Å². The van der Waals surface area contributed by atoms with Gasteiger partial charge in [0.1, 0.15) is 36.6 Å². The number of halogens is 3. The van der Waals surface area contributed by atoms with Gasteiger partial charge in [0.05, 0.1) is 16.9 Å². The third-order valence-corrected chi connectivity index (χ3v) is 6.56. The van der Waals surface area contributed by atoms with Crippen LogP contribution in [0.25, 0.3) is 0 Å². The smallest absolute Gasteiger partial charge is 0.166 e. The van der Waals surface area contributed by atoms with Crippen LogP contribution in [0.1, 0.15) is 64.1 Å². The zero-order chi connectivity index (χ0) is 24.9. The molecule has 0 saturated carbocycles. The summed E-state index contributed by atoms with van der Waals surface area (Å²) in [6.07, 6.45) is -0.168. The van der Waals surface area contributed by atoms with E-state index in [1.165, 1.54) is 11.6 Å². The fourth-order valence-electron chi connectivity index (χ4n) is 4.69. The Morgan fingerprint density at radius 2 is 1.75 bits per heavy atom. The maximum absolute atomic E-state index is 15.5. The quantitative estimate of drug-likeness (QED) is 0.605. The lowest BCUT2D eigenvalue weighted by Gasteiger charge is -2.53. The summed E-state index contributed by atoms with van der Waals surface area (Å²) in [5, 5.41) is 16.7. The molecule has 3 aromatic rings. The van der Waals surface area contributed by atoms with E-state index < -0.39 is 34.0 Å². The molecule has 0 amide bonds. The molecule has 6 nitrogen and oxygen atoms in total. The fourth-order valence-corrected chi connectivity index (χ4v) is 4.69. The lowest BCUT2D eigenvalue weighted by atomic mass is 9.58. The summed E-state index contributed by atoms with van der Waals surface area (Å²) >= 11 is 0. The molecule has 1 aromatic carbocycles. The summed E-state index contributed by atoms with van der Waals surface area (Å²) in [7, 11) is 0. The van der Waals surface area contributed by atoms with E-state index in [9.17, 15) is 9.50 Å². The standard InChI is InChI=1S/C23H28F3N5O/c1-8-22(7,20-19(26)13(2)29-14(3)30-20)23(32,17-10-9-16(24)11-18(17)25)21(5,6)31-15(4)27-12-28-31/h9-12,32H,8H2,1-7H3/t22-,23+/m0/s1/i12D. The molecular weight excluding hydrogens is 419 g/mol. The number of aryl methyl sites for hydroxylation is 3. The van der Waals surface area contributed by atoms with Gasteiger partial charge >= 0.3 is 0 Å². The van der Waals surface area contributed by atoms with Gasteiger partial charge < -0.3 is 5.11 Å². The highest BCUT2D eigenvalue weighted by atomic mass is 19.1. The highest BCUT2D eigenvalue weighted by molar-refractivity contribution is 5.38. The predicted octanol–water partition coefficient (Wildman–Crippen LogP) is 4.40. The summed E-state index contributed by atoms with van der Waals surface area (Å²) in [6.45, 7) is 11.2. The third kappa shape index (κ3) is 3.30. The monoisotopic (exact) mass is 448 g/mol. The Kier molecular flexibility index (Phi) is 5.56. The maximum Gasteiger partial charge on any atom is 0.166 e. The molecule has 2 atom stereocenters. The van der Waals surface area contributed by atoms with Crippen LogP contribution in [0.3, 0.4) is 0 Å². The van der Waals surface area contributed by atoms with Crippen molar-refractivity contribution in [2.24, 2.45) is 0 Å². The molecule has 0 radical (unpaired) electrons. The number of nitrogens with zero attached hydrogens (tertiary/aromatic N) is 5. The van der Waals surface area contributed by atoms with Crippen LogP contribution in [0.5, 0.6) is 0 Å². The number of hydrogen-bond acceptors (Lipinski definition) is 5. The van der Waals surface area contributed by atoms with E-state index in [1.807, 2.05) is 0 Å². The van der Waals surface area contributed by atoms with E-state index in [0.717, 1.165) is 12.1 Å². The van der Waals surface area contributed by atoms with Gasteiger partial charge in [-0.05, 0) is 47.1 Å². The minimum Gasteiger partial charge on any atom is -0.382 e. The molecule has 2 heterocycles. The molecule has 3 rings (SSSR count). The second-order valence-corrected chi connectivity index (χ2v) is 8.77. The van der Waals surface area contributed by atoms with Gasteiger partial charge in [0, 0.05) is 17.0 Å². The summed E-state index contributed by atoms with van der Waals surface area (Å²) in [5.41, 5.74) is -5.54. The van der Waals surface area contributed by atoms with Crippen LogP contribution in [0, 0.1) is 38.2 Å². The number of aliphatic hydroxyl groups is 1. The molecule has 0 aliphatic carbocycles. The second kappa shape index (κ2) is 7.95. The van der Waals surface area contributed by atoms with Crippen molar-refractivity contribution in [1.29, 1.82) is 0 Å². The van der Waals surface area contributed by atoms with Crippen molar-refractivity contribution in [3.8, 4) is 0 Å². The minimum absolute atomic E-state index is 0.0855. The van der Waals surface area contributed by atoms with Crippen LogP contribution in [0.2, 0.25) is 0 Å². The minimum atomic E-state index is -2.23. The first-order chi connectivity index (χ1) is 15.2. The van der Waals surface area contributed by atoms with Gasteiger partial charge in [0.15, 0.2) is 5.82 Å². The van der Waals surface area contributed by atoms with Gasteiger partial charge in [-0.25, -0.2) is 32.8 Å². The van der Waals surface area contributed by atoms with Gasteiger partial charge in [0.2, 0.25) is 0 Å². The lowest BCUT2D eigenvalue weighted by Crippen LogP contribution is -2.62. The summed E-state index contributed by atoms with van der Waals surface area (Å²) in [4.78, 5) is 12.4. The van der Waals surface area contributed by atoms with Crippen molar-refractivity contribution in [3.05, 3.63) is 70.6 Å². The average Bonchev–Trinajstić information content (AvgIpc) is 3.08. The molecule has 9 heteroatoms. The van der Waals surface area contributed by atoms with Crippen molar-refractivity contribution in [2.45, 2.75) is 71.4 Å². The van der Waals surface area contributed by atoms with Gasteiger partial charge in [-0.3, -0.25) is 0 Å². The highest BCUT2D eigenvalue weighted by Crippen LogP contribution is 2.54. The van der Waals surface area contributed by atoms with Gasteiger partial charge in [-0.1, -0.05) is 19.9 Å². The molecule has 32 heavy (non-hydrogen) atoms. The molecule has 0 aliphatic heterocycles. The van der Waals surface area contributed by atoms with Crippen molar-refractivity contribution in [3.63, 3.8) is 0 Å². The molecule has 0 bridgehead atoms. The summed E-state index contributed by atoms with van der Waals surface area (Å²) in [6, 6.07) is 2.85. The Morgan fingerprint density at radius 1 is 1.09 bits per heavy atom. The molecule has 0 unspecified atom stereocenters. The first-order valence-corrected chi connectivity index (χ1v) is 10.3. The largest absolute Gasteiger partial charge is 0.382 e. The molecule has 0 aliphatic rings.